The number of nitrogens with zero attached hydrogens (tertiary/aromatic N) is 3. The van der Waals surface area contributed by atoms with Gasteiger partial charge < -0.3 is 5.32 Å². The second-order valence-corrected chi connectivity index (χ2v) is 3.58. The number of hydrogen-bond acceptors (Lipinski definition) is 3. The maximum Gasteiger partial charge on any atom is 0.137 e. The van der Waals surface area contributed by atoms with Gasteiger partial charge in [0, 0.05) is 12.6 Å². The van der Waals surface area contributed by atoms with Crippen molar-refractivity contribution in [3.05, 3.63) is 25.3 Å². The molecule has 15 heavy (non-hydrogen) atoms. The molecule has 1 atom stereocenters. The first-order chi connectivity index (χ1) is 7.36. The molecule has 1 heterocycles. The Morgan fingerprint density at radius 3 is 3.07 bits per heavy atom. The zero-order valence-electron chi connectivity index (χ0n) is 9.39. The van der Waals surface area contributed by atoms with Crippen LogP contribution in [0.25, 0.3) is 0 Å². The minimum atomic E-state index is 0.589. The monoisotopic (exact) mass is 208 g/mol. The summed E-state index contributed by atoms with van der Waals surface area (Å²) in [4.78, 5) is 3.90. The van der Waals surface area contributed by atoms with Crippen LogP contribution in [0.5, 0.6) is 0 Å². The predicted molar refractivity (Wildman–Crippen MR) is 61.5 cm³/mol. The second-order valence-electron chi connectivity index (χ2n) is 3.58. The fourth-order valence-corrected chi connectivity index (χ4v) is 1.50. The van der Waals surface area contributed by atoms with Crippen LogP contribution in [0.2, 0.25) is 0 Å². The van der Waals surface area contributed by atoms with Crippen molar-refractivity contribution in [1.29, 1.82) is 0 Å². The molecule has 0 aromatic carbocycles. The lowest BCUT2D eigenvalue weighted by molar-refractivity contribution is 0.444. The fourth-order valence-electron chi connectivity index (χ4n) is 1.50. The van der Waals surface area contributed by atoms with Crippen molar-refractivity contribution in [3.8, 4) is 0 Å². The molecule has 4 nitrogen and oxygen atoms in total. The molecule has 0 aliphatic carbocycles. The van der Waals surface area contributed by atoms with E-state index in [1.807, 2.05) is 10.8 Å². The van der Waals surface area contributed by atoms with Gasteiger partial charge in [0.2, 0.25) is 0 Å². The van der Waals surface area contributed by atoms with E-state index in [9.17, 15) is 0 Å². The van der Waals surface area contributed by atoms with Gasteiger partial charge in [-0.25, -0.2) is 4.98 Å². The SMILES string of the molecule is C=CCCC(CC)NCCn1cncn1. The van der Waals surface area contributed by atoms with Gasteiger partial charge in [0.25, 0.3) is 0 Å². The highest BCUT2D eigenvalue weighted by Crippen LogP contribution is 2.01. The second kappa shape index (κ2) is 7.17. The Labute approximate surface area is 91.4 Å². The summed E-state index contributed by atoms with van der Waals surface area (Å²) in [6.45, 7) is 7.77. The van der Waals surface area contributed by atoms with Crippen molar-refractivity contribution in [2.75, 3.05) is 6.54 Å². The summed E-state index contributed by atoms with van der Waals surface area (Å²) >= 11 is 0. The quantitative estimate of drug-likeness (QED) is 0.660. The molecular formula is C11H20N4. The van der Waals surface area contributed by atoms with Crippen molar-refractivity contribution < 1.29 is 0 Å². The Kier molecular flexibility index (Phi) is 5.70. The molecule has 4 heteroatoms. The maximum absolute atomic E-state index is 4.05. The van der Waals surface area contributed by atoms with Gasteiger partial charge in [-0.15, -0.1) is 6.58 Å². The van der Waals surface area contributed by atoms with E-state index in [2.05, 4.69) is 28.9 Å². The average Bonchev–Trinajstić information content (AvgIpc) is 2.76. The molecule has 0 aliphatic rings. The van der Waals surface area contributed by atoms with Gasteiger partial charge >= 0.3 is 0 Å². The maximum atomic E-state index is 4.05. The Hall–Kier alpha value is -1.16. The van der Waals surface area contributed by atoms with Crippen LogP contribution in [0.4, 0.5) is 0 Å². The first-order valence-corrected chi connectivity index (χ1v) is 5.53. The zero-order chi connectivity index (χ0) is 10.9. The minimum Gasteiger partial charge on any atom is -0.312 e. The van der Waals surface area contributed by atoms with Crippen molar-refractivity contribution >= 4 is 0 Å². The standard InChI is InChI=1S/C11H20N4/c1-3-5-6-11(4-2)13-7-8-15-10-12-9-14-15/h3,9-11,13H,1,4-8H2,2H3. The van der Waals surface area contributed by atoms with Crippen LogP contribution in [0.15, 0.2) is 25.3 Å². The zero-order valence-corrected chi connectivity index (χ0v) is 9.39. The molecule has 1 unspecified atom stereocenters. The predicted octanol–water partition coefficient (Wildman–Crippen LogP) is 1.61. The molecule has 0 saturated carbocycles. The molecule has 1 aromatic rings. The van der Waals surface area contributed by atoms with E-state index in [1.54, 1.807) is 12.7 Å². The largest absolute Gasteiger partial charge is 0.312 e. The topological polar surface area (TPSA) is 42.7 Å². The van der Waals surface area contributed by atoms with Crippen LogP contribution in [0, 0.1) is 0 Å². The molecule has 1 aromatic heterocycles. The molecule has 84 valence electrons. The molecule has 0 radical (unpaired) electrons. The van der Waals surface area contributed by atoms with E-state index in [0.29, 0.717) is 6.04 Å². The number of aromatic nitrogens is 3. The number of nitrogens with one attached hydrogen (secondary N) is 1. The van der Waals surface area contributed by atoms with E-state index in [4.69, 9.17) is 0 Å². The van der Waals surface area contributed by atoms with Gasteiger partial charge in [0.05, 0.1) is 6.54 Å². The summed E-state index contributed by atoms with van der Waals surface area (Å²) in [5.74, 6) is 0. The Morgan fingerprint density at radius 2 is 2.47 bits per heavy atom. The van der Waals surface area contributed by atoms with Gasteiger partial charge in [0.1, 0.15) is 12.7 Å². The van der Waals surface area contributed by atoms with Crippen molar-refractivity contribution in [3.63, 3.8) is 0 Å². The minimum absolute atomic E-state index is 0.589. The van der Waals surface area contributed by atoms with Crippen LogP contribution in [-0.4, -0.2) is 27.4 Å². The van der Waals surface area contributed by atoms with Gasteiger partial charge in [-0.3, -0.25) is 4.68 Å². The van der Waals surface area contributed by atoms with Crippen molar-refractivity contribution in [2.24, 2.45) is 0 Å². The number of rotatable bonds is 8. The van der Waals surface area contributed by atoms with E-state index in [0.717, 1.165) is 32.4 Å². The molecule has 0 saturated heterocycles. The Bertz CT molecular complexity index is 256. The number of allylic oxidation sites excluding steroid dienone is 1. The van der Waals surface area contributed by atoms with Crippen LogP contribution < -0.4 is 5.32 Å². The first kappa shape index (κ1) is 11.9. The molecular weight excluding hydrogens is 188 g/mol. The molecule has 1 N–H and O–H groups in total. The summed E-state index contributed by atoms with van der Waals surface area (Å²) in [5, 5.41) is 7.56. The summed E-state index contributed by atoms with van der Waals surface area (Å²) < 4.78 is 1.84. The molecule has 0 amide bonds. The molecule has 1 rings (SSSR count). The fraction of sp³-hybridized carbons (Fsp3) is 0.636. The van der Waals surface area contributed by atoms with Crippen LogP contribution in [0.1, 0.15) is 26.2 Å². The lowest BCUT2D eigenvalue weighted by Gasteiger charge is -2.15. The van der Waals surface area contributed by atoms with Crippen LogP contribution in [0.3, 0.4) is 0 Å². The van der Waals surface area contributed by atoms with E-state index < -0.39 is 0 Å². The van der Waals surface area contributed by atoms with Crippen molar-refractivity contribution in [2.45, 2.75) is 38.8 Å². The summed E-state index contributed by atoms with van der Waals surface area (Å²) in [6.07, 6.45) is 8.68. The van der Waals surface area contributed by atoms with Gasteiger partial charge in [0.15, 0.2) is 0 Å². The van der Waals surface area contributed by atoms with E-state index in [1.165, 1.54) is 0 Å². The highest BCUT2D eigenvalue weighted by molar-refractivity contribution is 4.73. The Morgan fingerprint density at radius 1 is 1.60 bits per heavy atom. The summed E-state index contributed by atoms with van der Waals surface area (Å²) in [6, 6.07) is 0.589. The molecule has 0 fully saturated rings. The third kappa shape index (κ3) is 4.74. The highest BCUT2D eigenvalue weighted by atomic mass is 15.3. The van der Waals surface area contributed by atoms with Gasteiger partial charge in [-0.05, 0) is 19.3 Å². The number of hydrogen-bond donors (Lipinski definition) is 1. The third-order valence-corrected chi connectivity index (χ3v) is 2.45. The summed E-state index contributed by atoms with van der Waals surface area (Å²) in [5.41, 5.74) is 0. The van der Waals surface area contributed by atoms with E-state index >= 15 is 0 Å². The summed E-state index contributed by atoms with van der Waals surface area (Å²) in [7, 11) is 0. The molecule has 0 bridgehead atoms. The van der Waals surface area contributed by atoms with Gasteiger partial charge in [-0.2, -0.15) is 5.10 Å². The van der Waals surface area contributed by atoms with Gasteiger partial charge in [-0.1, -0.05) is 13.0 Å². The normalized spacial score (nSPS) is 12.6. The smallest absolute Gasteiger partial charge is 0.137 e. The lowest BCUT2D eigenvalue weighted by Crippen LogP contribution is -2.31. The highest BCUT2D eigenvalue weighted by Gasteiger charge is 2.03. The average molecular weight is 208 g/mol. The van der Waals surface area contributed by atoms with E-state index in [-0.39, 0.29) is 0 Å². The lowest BCUT2D eigenvalue weighted by atomic mass is 10.1. The first-order valence-electron chi connectivity index (χ1n) is 5.53. The third-order valence-electron chi connectivity index (χ3n) is 2.45. The molecule has 0 spiro atoms. The molecule has 0 aliphatic heterocycles. The Balaban J connectivity index is 2.14. The van der Waals surface area contributed by atoms with Crippen LogP contribution >= 0.6 is 0 Å². The van der Waals surface area contributed by atoms with Crippen LogP contribution in [-0.2, 0) is 6.54 Å². The van der Waals surface area contributed by atoms with Crippen molar-refractivity contribution in [1.82, 2.24) is 20.1 Å².